The van der Waals surface area contributed by atoms with E-state index >= 15 is 0 Å². The van der Waals surface area contributed by atoms with Crippen LogP contribution in [0.2, 0.25) is 0 Å². The van der Waals surface area contributed by atoms with Crippen molar-refractivity contribution in [3.8, 4) is 39.6 Å². The number of nitrogens with zero attached hydrogens (tertiary/aromatic N) is 4. The van der Waals surface area contributed by atoms with Gasteiger partial charge in [-0.2, -0.15) is 6.07 Å². The molecule has 77 heavy (non-hydrogen) atoms. The number of anilines is 4. The maximum absolute atomic E-state index is 9.97. The van der Waals surface area contributed by atoms with Crippen molar-refractivity contribution in [3.05, 3.63) is 198 Å². The Bertz CT molecular complexity index is 3980. The fourth-order valence-corrected chi connectivity index (χ4v) is 10.3. The Morgan fingerprint density at radius 2 is 1.29 bits per heavy atom. The van der Waals surface area contributed by atoms with Crippen LogP contribution in [-0.2, 0) is 50.2 Å². The molecule has 0 atom stereocenters. The van der Waals surface area contributed by atoms with E-state index in [0.29, 0.717) is 50.8 Å². The molecule has 0 N–H and O–H groups in total. The van der Waals surface area contributed by atoms with E-state index in [4.69, 9.17) is 13.8 Å². The Morgan fingerprint density at radius 1 is 0.623 bits per heavy atom. The van der Waals surface area contributed by atoms with Crippen LogP contribution in [0.3, 0.4) is 0 Å². The average molecular weight is 1210 g/mol. The van der Waals surface area contributed by atoms with Gasteiger partial charge in [0, 0.05) is 72.5 Å². The van der Waals surface area contributed by atoms with Crippen molar-refractivity contribution in [2.45, 2.75) is 145 Å². The van der Waals surface area contributed by atoms with E-state index in [0.717, 1.165) is 58.1 Å². The molecule has 400 valence electrons. The Morgan fingerprint density at radius 3 is 1.95 bits per heavy atom. The van der Waals surface area contributed by atoms with Crippen molar-refractivity contribution >= 4 is 44.6 Å². The SMILES string of the molecule is [2H]c1c([2H])c([2H])c(-c2cccc(-c3c([2H])c(C(C)(C)C)c([2H])c(C(C)(C)C)c3[2H])c2N2[CH-]N(c3[c-]c(Oc4[c-]c5c(c(CC(C)(C)C)c4)c4cc(CCCCCC)ccc4n5-c4cc(C(C)(C)C)ccn4)ccc3)c3ccccc32)c([2H])c1[2H].[Pt]. The van der Waals surface area contributed by atoms with Gasteiger partial charge in [-0.05, 0) is 110 Å². The summed E-state index contributed by atoms with van der Waals surface area (Å²) in [4.78, 5) is 8.92. The number of aryl methyl sites for hydroxylation is 1. The fourth-order valence-electron chi connectivity index (χ4n) is 10.3. The number of fused-ring (bicyclic) bond motifs is 4. The minimum absolute atomic E-state index is 0. The van der Waals surface area contributed by atoms with E-state index < -0.39 is 29.0 Å². The average Bonchev–Trinajstić information content (AvgIpc) is 1.91. The summed E-state index contributed by atoms with van der Waals surface area (Å²) in [5, 5.41) is 2.29. The largest absolute Gasteiger partial charge is 0.509 e. The predicted molar refractivity (Wildman–Crippen MR) is 322 cm³/mol. The molecule has 0 aliphatic carbocycles. The van der Waals surface area contributed by atoms with E-state index in [1.54, 1.807) is 12.1 Å². The van der Waals surface area contributed by atoms with Gasteiger partial charge >= 0.3 is 0 Å². The number of para-hydroxylation sites is 3. The van der Waals surface area contributed by atoms with Crippen LogP contribution >= 0.6 is 0 Å². The van der Waals surface area contributed by atoms with Gasteiger partial charge < -0.3 is 19.1 Å². The monoisotopic (exact) mass is 1200 g/mol. The summed E-state index contributed by atoms with van der Waals surface area (Å²) in [6.45, 7) is 29.4. The number of benzene rings is 7. The van der Waals surface area contributed by atoms with Gasteiger partial charge in [0.2, 0.25) is 0 Å². The fraction of sp³-hybridized carbons (Fsp3) is 0.324. The number of rotatable bonds is 13. The number of ether oxygens (including phenoxy) is 1. The van der Waals surface area contributed by atoms with Gasteiger partial charge in [0.25, 0.3) is 0 Å². The summed E-state index contributed by atoms with van der Waals surface area (Å²) in [5.74, 6) is 1.77. The molecule has 1 aliphatic heterocycles. The third-order valence-corrected chi connectivity index (χ3v) is 14.2. The van der Waals surface area contributed by atoms with E-state index in [2.05, 4.69) is 102 Å². The first-order chi connectivity index (χ1) is 39.5. The number of unbranched alkanes of at least 4 members (excludes halogenated alkanes) is 3. The Labute approximate surface area is 486 Å². The van der Waals surface area contributed by atoms with Crippen LogP contribution < -0.4 is 14.5 Å². The van der Waals surface area contributed by atoms with Crippen molar-refractivity contribution in [3.63, 3.8) is 0 Å². The molecule has 0 amide bonds. The van der Waals surface area contributed by atoms with Crippen molar-refractivity contribution in [1.29, 1.82) is 0 Å². The number of hydrogen-bond donors (Lipinski definition) is 0. The second kappa shape index (κ2) is 21.8. The quantitative estimate of drug-likeness (QED) is 0.0851. The molecular formula is C71H77N4OPt-3. The third-order valence-electron chi connectivity index (χ3n) is 14.2. The van der Waals surface area contributed by atoms with Crippen molar-refractivity contribution in [1.82, 2.24) is 9.55 Å². The minimum atomic E-state index is -0.671. The van der Waals surface area contributed by atoms with Crippen molar-refractivity contribution in [2.24, 2.45) is 5.41 Å². The zero-order valence-electron chi connectivity index (χ0n) is 55.1. The molecule has 6 heteroatoms. The molecule has 7 aromatic carbocycles. The van der Waals surface area contributed by atoms with Crippen molar-refractivity contribution < 1.29 is 36.8 Å². The van der Waals surface area contributed by atoms with Gasteiger partial charge in [0.05, 0.1) is 11.0 Å². The summed E-state index contributed by atoms with van der Waals surface area (Å²) in [7, 11) is 0. The van der Waals surface area contributed by atoms with Crippen LogP contribution in [0.1, 0.15) is 154 Å². The molecule has 9 aromatic rings. The van der Waals surface area contributed by atoms with Crippen LogP contribution in [0, 0.1) is 24.2 Å². The Hall–Kier alpha value is -6.42. The first kappa shape index (κ1) is 45.6. The summed E-state index contributed by atoms with van der Waals surface area (Å²) in [5.41, 5.74) is 8.40. The maximum Gasteiger partial charge on any atom is 0.135 e. The summed E-state index contributed by atoms with van der Waals surface area (Å²) in [6, 6.07) is 37.5. The first-order valence-corrected chi connectivity index (χ1v) is 27.1. The first-order valence-electron chi connectivity index (χ1n) is 31.1. The van der Waals surface area contributed by atoms with Gasteiger partial charge in [-0.15, -0.1) is 48.3 Å². The minimum Gasteiger partial charge on any atom is -0.509 e. The van der Waals surface area contributed by atoms with Gasteiger partial charge in [-0.3, -0.25) is 0 Å². The van der Waals surface area contributed by atoms with Gasteiger partial charge in [-0.1, -0.05) is 211 Å². The van der Waals surface area contributed by atoms with Gasteiger partial charge in [0.1, 0.15) is 5.82 Å². The molecule has 0 spiro atoms. The molecule has 0 unspecified atom stereocenters. The Balaban J connectivity index is 0.00000865. The zero-order chi connectivity index (χ0) is 60.7. The number of aromatic nitrogens is 2. The molecule has 1 aliphatic rings. The third kappa shape index (κ3) is 11.7. The van der Waals surface area contributed by atoms with E-state index in [1.807, 2.05) is 113 Å². The van der Waals surface area contributed by atoms with Crippen LogP contribution in [0.4, 0.5) is 22.7 Å². The molecule has 10 rings (SSSR count). The van der Waals surface area contributed by atoms with Gasteiger partial charge in [0.15, 0.2) is 0 Å². The van der Waals surface area contributed by atoms with Crippen LogP contribution in [0.25, 0.3) is 49.9 Å². The maximum atomic E-state index is 9.97. The smallest absolute Gasteiger partial charge is 0.135 e. The van der Waals surface area contributed by atoms with Crippen molar-refractivity contribution in [2.75, 3.05) is 9.80 Å². The van der Waals surface area contributed by atoms with Crippen LogP contribution in [-0.4, -0.2) is 9.55 Å². The van der Waals surface area contributed by atoms with E-state index in [1.165, 1.54) is 30.4 Å². The molecule has 0 saturated heterocycles. The molecule has 3 heterocycles. The number of hydrogen-bond acceptors (Lipinski definition) is 4. The molecule has 2 aromatic heterocycles. The molecule has 0 radical (unpaired) electrons. The second-order valence-electron chi connectivity index (χ2n) is 24.8. The topological polar surface area (TPSA) is 33.5 Å². The number of pyridine rings is 1. The zero-order valence-corrected chi connectivity index (χ0v) is 49.4. The summed E-state index contributed by atoms with van der Waals surface area (Å²) >= 11 is 0. The molecule has 0 bridgehead atoms. The standard InChI is InChI=1S/C71H77N4O.Pt/c1-14-15-16-18-25-48-34-35-61-60(38-48)66-51(46-68(2,3)4)41-57(45-64(66)75(61)65-43-52(36-37-72-65)69(5,6)7)76-56-29-23-28-55(44-56)73-47-74(63-33-22-21-32-62(63)73)67-58(49-26-19-17-20-27-49)30-24-31-59(67)50-39-53(70(8,9)10)42-54(40-50)71(11,12)13;/h17,19-24,26-43,47H,14-16,18,25,46H2,1-13H3;/q-3;/i17D,19D,20D,26D,27D,39D,40D,42D;. The second-order valence-corrected chi connectivity index (χ2v) is 24.8. The molecular weight excluding hydrogens is 1120 g/mol. The van der Waals surface area contributed by atoms with E-state index in [-0.39, 0.29) is 73.2 Å². The Kier molecular flexibility index (Phi) is 12.9. The molecule has 5 nitrogen and oxygen atoms in total. The van der Waals surface area contributed by atoms with Gasteiger partial charge in [-0.25, -0.2) is 4.98 Å². The molecule has 0 saturated carbocycles. The van der Waals surface area contributed by atoms with Crippen LogP contribution in [0.15, 0.2) is 152 Å². The summed E-state index contributed by atoms with van der Waals surface area (Å²) in [6.07, 6.45) is 8.41. The normalized spacial score (nSPS) is 14.6. The predicted octanol–water partition coefficient (Wildman–Crippen LogP) is 19.9. The van der Waals surface area contributed by atoms with E-state index in [9.17, 15) is 6.85 Å². The molecule has 0 fully saturated rings. The van der Waals surface area contributed by atoms with Crippen LogP contribution in [0.5, 0.6) is 11.5 Å². The summed E-state index contributed by atoms with van der Waals surface area (Å²) < 4.78 is 83.5.